The van der Waals surface area contributed by atoms with Gasteiger partial charge in [0, 0.05) is 11.1 Å². The number of benzene rings is 3. The number of amides is 1. The van der Waals surface area contributed by atoms with Gasteiger partial charge in [-0.05, 0) is 42.8 Å². The van der Waals surface area contributed by atoms with Crippen LogP contribution in [0.4, 0.5) is 11.4 Å². The van der Waals surface area contributed by atoms with Crippen molar-refractivity contribution in [3.05, 3.63) is 99.6 Å². The molecule has 0 saturated carbocycles. The summed E-state index contributed by atoms with van der Waals surface area (Å²) in [6, 6.07) is 19.6. The smallest absolute Gasteiger partial charge is 0.271 e. The molecule has 1 N–H and O–H groups in total. The molecule has 11 heteroatoms. The summed E-state index contributed by atoms with van der Waals surface area (Å²) in [6.07, 6.45) is 0. The van der Waals surface area contributed by atoms with Crippen LogP contribution < -0.4 is 9.73 Å². The Morgan fingerprint density at radius 2 is 1.64 bits per heavy atom. The molecule has 0 bridgehead atoms. The van der Waals surface area contributed by atoms with Crippen molar-refractivity contribution in [3.63, 3.8) is 0 Å². The summed E-state index contributed by atoms with van der Waals surface area (Å²) < 4.78 is 27.6. The molecule has 0 radical (unpaired) electrons. The van der Waals surface area contributed by atoms with E-state index in [1.807, 2.05) is 0 Å². The van der Waals surface area contributed by atoms with Crippen LogP contribution in [0.15, 0.2) is 88.9 Å². The number of halogens is 1. The van der Waals surface area contributed by atoms with Crippen molar-refractivity contribution in [3.8, 4) is 0 Å². The summed E-state index contributed by atoms with van der Waals surface area (Å²) >= 11 is 5.87. The number of carbonyl (C=O) groups is 1. The Morgan fingerprint density at radius 1 is 1.03 bits per heavy atom. The van der Waals surface area contributed by atoms with E-state index in [1.165, 1.54) is 24.3 Å². The lowest BCUT2D eigenvalue weighted by atomic mass is 10.1. The third-order valence-electron chi connectivity index (χ3n) is 4.57. The minimum absolute atomic E-state index is 0.171. The second kappa shape index (κ2) is 10.2. The summed E-state index contributed by atoms with van der Waals surface area (Å²) in [6.45, 7) is 1.03. The van der Waals surface area contributed by atoms with Crippen molar-refractivity contribution in [2.45, 2.75) is 11.8 Å². The summed E-state index contributed by atoms with van der Waals surface area (Å²) in [5.74, 6) is -0.727. The van der Waals surface area contributed by atoms with Gasteiger partial charge in [-0.25, -0.2) is 13.8 Å². The molecule has 170 valence electrons. The highest BCUT2D eigenvalue weighted by Gasteiger charge is 2.33. The number of nitrogens with one attached hydrogen (secondary N) is 1. The van der Waals surface area contributed by atoms with Crippen molar-refractivity contribution >= 4 is 44.6 Å². The van der Waals surface area contributed by atoms with Crippen molar-refractivity contribution in [1.82, 2.24) is 5.43 Å². The summed E-state index contributed by atoms with van der Waals surface area (Å²) in [4.78, 5) is 22.7. The molecule has 0 heterocycles. The van der Waals surface area contributed by atoms with Crippen molar-refractivity contribution < 1.29 is 18.1 Å². The second-order valence-electron chi connectivity index (χ2n) is 6.81. The zero-order chi connectivity index (χ0) is 24.0. The zero-order valence-corrected chi connectivity index (χ0v) is 19.0. The number of carbonyl (C=O) groups excluding carboxylic acids is 1. The molecule has 0 saturated heterocycles. The highest BCUT2D eigenvalue weighted by atomic mass is 35.5. The number of nitro groups is 1. The predicted molar refractivity (Wildman–Crippen MR) is 126 cm³/mol. The van der Waals surface area contributed by atoms with Crippen LogP contribution in [0.25, 0.3) is 0 Å². The number of anilines is 1. The minimum Gasteiger partial charge on any atom is -0.271 e. The van der Waals surface area contributed by atoms with Gasteiger partial charge in [0.1, 0.15) is 6.54 Å². The van der Waals surface area contributed by atoms with Crippen LogP contribution in [-0.4, -0.2) is 31.5 Å². The monoisotopic (exact) mass is 486 g/mol. The largest absolute Gasteiger partial charge is 0.289 e. The van der Waals surface area contributed by atoms with E-state index in [4.69, 9.17) is 11.6 Å². The standard InChI is InChI=1S/C22H19ClN4O5S/c1-16(17-11-13-18(23)14-12-17)24-25-22(28)15-26(19-7-3-2-4-8-19)33(31,32)21-10-6-5-9-20(21)27(29)30/h2-14H,15H2,1H3,(H,25,28)/b24-16-. The van der Waals surface area contributed by atoms with Gasteiger partial charge in [0.15, 0.2) is 4.90 Å². The summed E-state index contributed by atoms with van der Waals surface area (Å²) in [7, 11) is -4.45. The van der Waals surface area contributed by atoms with E-state index in [-0.39, 0.29) is 5.69 Å². The number of hydrazone groups is 1. The molecular weight excluding hydrogens is 468 g/mol. The van der Waals surface area contributed by atoms with Gasteiger partial charge in [-0.2, -0.15) is 5.10 Å². The Morgan fingerprint density at radius 3 is 2.27 bits per heavy atom. The highest BCUT2D eigenvalue weighted by molar-refractivity contribution is 7.93. The van der Waals surface area contributed by atoms with Crippen LogP contribution >= 0.6 is 11.6 Å². The molecule has 0 aliphatic carbocycles. The fourth-order valence-electron chi connectivity index (χ4n) is 2.92. The average molecular weight is 487 g/mol. The molecule has 0 aliphatic rings. The number of sulfonamides is 1. The molecule has 33 heavy (non-hydrogen) atoms. The van der Waals surface area contributed by atoms with Gasteiger partial charge in [-0.15, -0.1) is 0 Å². The third-order valence-corrected chi connectivity index (χ3v) is 6.64. The molecule has 0 unspecified atom stereocenters. The van der Waals surface area contributed by atoms with Gasteiger partial charge in [-0.3, -0.25) is 19.2 Å². The molecule has 3 aromatic rings. The Labute approximate surface area is 195 Å². The van der Waals surface area contributed by atoms with Gasteiger partial charge in [-0.1, -0.05) is 54.1 Å². The fourth-order valence-corrected chi connectivity index (χ4v) is 4.63. The first-order chi connectivity index (χ1) is 15.7. The van der Waals surface area contributed by atoms with Crippen LogP contribution in [0.5, 0.6) is 0 Å². The Kier molecular flexibility index (Phi) is 7.41. The summed E-state index contributed by atoms with van der Waals surface area (Å²) in [5, 5.41) is 16.0. The van der Waals surface area contributed by atoms with Gasteiger partial charge >= 0.3 is 0 Å². The van der Waals surface area contributed by atoms with Gasteiger partial charge in [0.2, 0.25) is 0 Å². The van der Waals surface area contributed by atoms with E-state index in [9.17, 15) is 23.3 Å². The normalized spacial score (nSPS) is 11.6. The molecule has 1 amide bonds. The molecule has 0 aliphatic heterocycles. The minimum atomic E-state index is -4.45. The molecule has 3 aromatic carbocycles. The number of nitro benzene ring substituents is 1. The van der Waals surface area contributed by atoms with Crippen LogP contribution in [0.1, 0.15) is 12.5 Å². The van der Waals surface area contributed by atoms with E-state index in [2.05, 4.69) is 10.5 Å². The van der Waals surface area contributed by atoms with Crippen LogP contribution in [0.2, 0.25) is 5.02 Å². The third kappa shape index (κ3) is 5.73. The molecule has 3 rings (SSSR count). The van der Waals surface area contributed by atoms with E-state index in [1.54, 1.807) is 49.4 Å². The number of para-hydroxylation sites is 2. The molecule has 0 spiro atoms. The Bertz CT molecular complexity index is 1300. The van der Waals surface area contributed by atoms with Crippen molar-refractivity contribution in [1.29, 1.82) is 0 Å². The van der Waals surface area contributed by atoms with E-state index < -0.39 is 38.0 Å². The summed E-state index contributed by atoms with van der Waals surface area (Å²) in [5.41, 5.74) is 3.11. The van der Waals surface area contributed by atoms with Crippen LogP contribution in [0.3, 0.4) is 0 Å². The lowest BCUT2D eigenvalue weighted by Gasteiger charge is -2.23. The van der Waals surface area contributed by atoms with Gasteiger partial charge in [0.25, 0.3) is 21.6 Å². The second-order valence-corrected chi connectivity index (χ2v) is 9.08. The first-order valence-electron chi connectivity index (χ1n) is 9.60. The van der Waals surface area contributed by atoms with E-state index in [0.29, 0.717) is 16.3 Å². The average Bonchev–Trinajstić information content (AvgIpc) is 2.81. The Balaban J connectivity index is 1.91. The van der Waals surface area contributed by atoms with Gasteiger partial charge in [0.05, 0.1) is 16.3 Å². The number of nitrogens with zero attached hydrogens (tertiary/aromatic N) is 3. The predicted octanol–water partition coefficient (Wildman–Crippen LogP) is 3.98. The topological polar surface area (TPSA) is 122 Å². The van der Waals surface area contributed by atoms with Crippen molar-refractivity contribution in [2.75, 3.05) is 10.8 Å². The van der Waals surface area contributed by atoms with Crippen LogP contribution in [0, 0.1) is 10.1 Å². The lowest BCUT2D eigenvalue weighted by Crippen LogP contribution is -2.40. The zero-order valence-electron chi connectivity index (χ0n) is 17.4. The first kappa shape index (κ1) is 23.9. The van der Waals surface area contributed by atoms with E-state index >= 15 is 0 Å². The van der Waals surface area contributed by atoms with Crippen LogP contribution in [-0.2, 0) is 14.8 Å². The lowest BCUT2D eigenvalue weighted by molar-refractivity contribution is -0.387. The molecular formula is C22H19ClN4O5S. The number of rotatable bonds is 8. The fraction of sp³-hybridized carbons (Fsp3) is 0.0909. The maximum Gasteiger partial charge on any atom is 0.289 e. The first-order valence-corrected chi connectivity index (χ1v) is 11.4. The maximum absolute atomic E-state index is 13.4. The molecule has 0 atom stereocenters. The van der Waals surface area contributed by atoms with Crippen molar-refractivity contribution in [2.24, 2.45) is 5.10 Å². The van der Waals surface area contributed by atoms with E-state index in [0.717, 1.165) is 16.4 Å². The molecule has 0 aromatic heterocycles. The molecule has 9 nitrogen and oxygen atoms in total. The number of hydrogen-bond acceptors (Lipinski definition) is 6. The highest BCUT2D eigenvalue weighted by Crippen LogP contribution is 2.29. The maximum atomic E-state index is 13.4. The quantitative estimate of drug-likeness (QED) is 0.293. The number of hydrogen-bond donors (Lipinski definition) is 1. The van der Waals surface area contributed by atoms with Gasteiger partial charge < -0.3 is 0 Å². The SMILES string of the molecule is C/C(=N/NC(=O)CN(c1ccccc1)S(=O)(=O)c1ccccc1[N+](=O)[O-])c1ccc(Cl)cc1. The Hall–Kier alpha value is -3.76. The molecule has 0 fully saturated rings.